The maximum Gasteiger partial charge on any atom is 0.310 e. The number of carboxylic acid groups (broad SMARTS) is 1. The van der Waals surface area contributed by atoms with Crippen molar-refractivity contribution < 1.29 is 9.90 Å². The van der Waals surface area contributed by atoms with Gasteiger partial charge in [-0.2, -0.15) is 0 Å². The zero-order valence-electron chi connectivity index (χ0n) is 9.40. The molecular weight excluding hydrogens is 200 g/mol. The summed E-state index contributed by atoms with van der Waals surface area (Å²) < 4.78 is 0. The minimum atomic E-state index is -0.779. The van der Waals surface area contributed by atoms with E-state index in [1.165, 1.54) is 0 Å². The second-order valence-corrected chi connectivity index (χ2v) is 4.12. The quantitative estimate of drug-likeness (QED) is 0.832. The third kappa shape index (κ3) is 1.78. The largest absolute Gasteiger partial charge is 0.481 e. The highest BCUT2D eigenvalue weighted by atomic mass is 16.4. The van der Waals surface area contributed by atoms with Gasteiger partial charge in [-0.25, -0.2) is 0 Å². The molecule has 0 saturated carbocycles. The highest BCUT2D eigenvalue weighted by molar-refractivity contribution is 5.86. The zero-order valence-corrected chi connectivity index (χ0v) is 9.40. The molecule has 0 heterocycles. The Balaban J connectivity index is 2.62. The van der Waals surface area contributed by atoms with Gasteiger partial charge in [0.2, 0.25) is 0 Å². The van der Waals surface area contributed by atoms with Crippen molar-refractivity contribution in [3.05, 3.63) is 47.5 Å². The van der Waals surface area contributed by atoms with E-state index in [1.807, 2.05) is 43.3 Å². The van der Waals surface area contributed by atoms with Crippen LogP contribution in [0.3, 0.4) is 0 Å². The summed E-state index contributed by atoms with van der Waals surface area (Å²) in [5.74, 6) is -1.23. The standard InChI is InChI=1S/C14H14O2/c1-9-7-11-5-3-4-6-12(11)8-13(9)10(2)14(15)16/h3-8,10H,1-2H3,(H,15,16). The molecule has 0 spiro atoms. The van der Waals surface area contributed by atoms with Crippen molar-refractivity contribution in [3.63, 3.8) is 0 Å². The fourth-order valence-corrected chi connectivity index (χ4v) is 1.97. The summed E-state index contributed by atoms with van der Waals surface area (Å²) in [5.41, 5.74) is 1.93. The van der Waals surface area contributed by atoms with E-state index >= 15 is 0 Å². The van der Waals surface area contributed by atoms with E-state index < -0.39 is 11.9 Å². The number of benzene rings is 2. The predicted octanol–water partition coefficient (Wildman–Crippen LogP) is 3.34. The summed E-state index contributed by atoms with van der Waals surface area (Å²) in [7, 11) is 0. The van der Waals surface area contributed by atoms with E-state index in [0.29, 0.717) is 0 Å². The molecule has 2 rings (SSSR count). The molecular formula is C14H14O2. The average molecular weight is 214 g/mol. The van der Waals surface area contributed by atoms with Crippen LogP contribution < -0.4 is 0 Å². The summed E-state index contributed by atoms with van der Waals surface area (Å²) >= 11 is 0. The summed E-state index contributed by atoms with van der Waals surface area (Å²) in [6.07, 6.45) is 0. The number of hydrogen-bond acceptors (Lipinski definition) is 1. The Morgan fingerprint density at radius 2 is 1.75 bits per heavy atom. The lowest BCUT2D eigenvalue weighted by Crippen LogP contribution is -2.08. The summed E-state index contributed by atoms with van der Waals surface area (Å²) in [6, 6.07) is 12.0. The number of carbonyl (C=O) groups is 1. The van der Waals surface area contributed by atoms with Gasteiger partial charge in [0, 0.05) is 0 Å². The first-order valence-electron chi connectivity index (χ1n) is 5.31. The van der Waals surface area contributed by atoms with Gasteiger partial charge < -0.3 is 5.11 Å². The number of aryl methyl sites for hydroxylation is 1. The highest BCUT2D eigenvalue weighted by Gasteiger charge is 2.16. The first-order valence-corrected chi connectivity index (χ1v) is 5.31. The lowest BCUT2D eigenvalue weighted by atomic mass is 9.93. The molecule has 0 aliphatic heterocycles. The second-order valence-electron chi connectivity index (χ2n) is 4.12. The minimum absolute atomic E-state index is 0.454. The first-order chi connectivity index (χ1) is 7.59. The van der Waals surface area contributed by atoms with Crippen LogP contribution in [0.5, 0.6) is 0 Å². The van der Waals surface area contributed by atoms with Crippen LogP contribution in [0, 0.1) is 6.92 Å². The fraction of sp³-hybridized carbons (Fsp3) is 0.214. The normalized spacial score (nSPS) is 12.6. The third-order valence-corrected chi connectivity index (χ3v) is 2.97. The molecule has 1 unspecified atom stereocenters. The topological polar surface area (TPSA) is 37.3 Å². The lowest BCUT2D eigenvalue weighted by Gasteiger charge is -2.11. The molecule has 0 amide bonds. The van der Waals surface area contributed by atoms with Gasteiger partial charge in [-0.15, -0.1) is 0 Å². The molecule has 0 aromatic heterocycles. The van der Waals surface area contributed by atoms with Crippen LogP contribution >= 0.6 is 0 Å². The molecule has 82 valence electrons. The van der Waals surface area contributed by atoms with Crippen LogP contribution in [0.25, 0.3) is 10.8 Å². The van der Waals surface area contributed by atoms with Crippen molar-refractivity contribution in [1.29, 1.82) is 0 Å². The molecule has 0 aliphatic carbocycles. The van der Waals surface area contributed by atoms with Crippen LogP contribution in [-0.4, -0.2) is 11.1 Å². The molecule has 0 fully saturated rings. The molecule has 1 N–H and O–H groups in total. The van der Waals surface area contributed by atoms with E-state index in [4.69, 9.17) is 5.11 Å². The number of hydrogen-bond donors (Lipinski definition) is 1. The van der Waals surface area contributed by atoms with Crippen LogP contribution in [0.15, 0.2) is 36.4 Å². The van der Waals surface area contributed by atoms with Crippen molar-refractivity contribution in [2.75, 3.05) is 0 Å². The summed E-state index contributed by atoms with van der Waals surface area (Å²) in [5, 5.41) is 11.3. The first kappa shape index (κ1) is 10.7. The molecule has 0 radical (unpaired) electrons. The summed E-state index contributed by atoms with van der Waals surface area (Å²) in [4.78, 5) is 11.0. The molecule has 1 atom stereocenters. The summed E-state index contributed by atoms with van der Waals surface area (Å²) in [6.45, 7) is 3.68. The van der Waals surface area contributed by atoms with Gasteiger partial charge in [-0.05, 0) is 35.7 Å². The SMILES string of the molecule is Cc1cc2ccccc2cc1C(C)C(=O)O. The Kier molecular flexibility index (Phi) is 2.65. The van der Waals surface area contributed by atoms with E-state index in [1.54, 1.807) is 6.92 Å². The average Bonchev–Trinajstić information content (AvgIpc) is 2.27. The fourth-order valence-electron chi connectivity index (χ4n) is 1.97. The van der Waals surface area contributed by atoms with Crippen molar-refractivity contribution >= 4 is 16.7 Å². The molecule has 2 aromatic rings. The van der Waals surface area contributed by atoms with E-state index in [2.05, 4.69) is 0 Å². The molecule has 16 heavy (non-hydrogen) atoms. The Morgan fingerprint density at radius 3 is 2.31 bits per heavy atom. The molecule has 0 aliphatic rings. The number of rotatable bonds is 2. The van der Waals surface area contributed by atoms with Gasteiger partial charge >= 0.3 is 5.97 Å². The van der Waals surface area contributed by atoms with E-state index in [-0.39, 0.29) is 0 Å². The maximum atomic E-state index is 11.0. The van der Waals surface area contributed by atoms with Crippen molar-refractivity contribution in [2.45, 2.75) is 19.8 Å². The van der Waals surface area contributed by atoms with Gasteiger partial charge in [0.1, 0.15) is 0 Å². The molecule has 0 saturated heterocycles. The van der Waals surface area contributed by atoms with Gasteiger partial charge in [-0.1, -0.05) is 36.4 Å². The molecule has 2 nitrogen and oxygen atoms in total. The van der Waals surface area contributed by atoms with Gasteiger partial charge in [0.15, 0.2) is 0 Å². The smallest absolute Gasteiger partial charge is 0.310 e. The lowest BCUT2D eigenvalue weighted by molar-refractivity contribution is -0.138. The maximum absolute atomic E-state index is 11.0. The van der Waals surface area contributed by atoms with Gasteiger partial charge in [-0.3, -0.25) is 4.79 Å². The molecule has 2 heteroatoms. The monoisotopic (exact) mass is 214 g/mol. The number of aliphatic carboxylic acids is 1. The predicted molar refractivity (Wildman–Crippen MR) is 64.7 cm³/mol. The van der Waals surface area contributed by atoms with Crippen molar-refractivity contribution in [1.82, 2.24) is 0 Å². The Hall–Kier alpha value is -1.83. The minimum Gasteiger partial charge on any atom is -0.481 e. The second kappa shape index (κ2) is 3.97. The Morgan fingerprint density at radius 1 is 1.19 bits per heavy atom. The zero-order chi connectivity index (χ0) is 11.7. The number of fused-ring (bicyclic) bond motifs is 1. The van der Waals surface area contributed by atoms with Crippen LogP contribution in [0.2, 0.25) is 0 Å². The van der Waals surface area contributed by atoms with Gasteiger partial charge in [0.25, 0.3) is 0 Å². The van der Waals surface area contributed by atoms with Crippen LogP contribution in [0.4, 0.5) is 0 Å². The van der Waals surface area contributed by atoms with E-state index in [0.717, 1.165) is 21.9 Å². The Bertz CT molecular complexity index is 543. The van der Waals surface area contributed by atoms with Gasteiger partial charge in [0.05, 0.1) is 5.92 Å². The van der Waals surface area contributed by atoms with Crippen LogP contribution in [-0.2, 0) is 4.79 Å². The van der Waals surface area contributed by atoms with Crippen LogP contribution in [0.1, 0.15) is 24.0 Å². The van der Waals surface area contributed by atoms with Crippen molar-refractivity contribution in [3.8, 4) is 0 Å². The third-order valence-electron chi connectivity index (χ3n) is 2.97. The van der Waals surface area contributed by atoms with Crippen molar-refractivity contribution in [2.24, 2.45) is 0 Å². The molecule has 0 bridgehead atoms. The molecule has 2 aromatic carbocycles. The highest BCUT2D eigenvalue weighted by Crippen LogP contribution is 2.25. The number of carboxylic acids is 1. The Labute approximate surface area is 94.5 Å². The van der Waals surface area contributed by atoms with E-state index in [9.17, 15) is 4.79 Å².